The fraction of sp³-hybridized carbons (Fsp3) is 0.455. The van der Waals surface area contributed by atoms with Crippen molar-refractivity contribution in [3.05, 3.63) is 52.4 Å². The third-order valence-electron chi connectivity index (χ3n) is 4.42. The van der Waals surface area contributed by atoms with Gasteiger partial charge in [-0.15, -0.1) is 11.3 Å². The van der Waals surface area contributed by atoms with Crippen LogP contribution in [0.25, 0.3) is 0 Å². The number of carbonyl (C=O) groups is 2. The van der Waals surface area contributed by atoms with E-state index in [9.17, 15) is 26.4 Å². The van der Waals surface area contributed by atoms with Gasteiger partial charge in [-0.25, -0.2) is 13.1 Å². The molecule has 0 saturated heterocycles. The van der Waals surface area contributed by atoms with Gasteiger partial charge in [0, 0.05) is 4.88 Å². The fourth-order valence-corrected chi connectivity index (χ4v) is 5.55. The summed E-state index contributed by atoms with van der Waals surface area (Å²) in [5.74, 6) is -4.03. The number of sulfonamides is 1. The van der Waals surface area contributed by atoms with Gasteiger partial charge in [-0.2, -0.15) is 13.2 Å². The number of alkyl halides is 3. The van der Waals surface area contributed by atoms with E-state index >= 15 is 0 Å². The van der Waals surface area contributed by atoms with Crippen LogP contribution >= 0.6 is 11.3 Å². The molecule has 2 N–H and O–H groups in total. The predicted molar refractivity (Wildman–Crippen MR) is 123 cm³/mol. The SMILES string of the molecule is Cc1ccc(CCc2ccc(S(=O)(=O)N[C@H](CC(=O)O)C[N+](C)(C)C)s2)cc1.O=C([O-])C(F)(F)F. The molecule has 0 aliphatic heterocycles. The van der Waals surface area contributed by atoms with Crippen LogP contribution in [-0.2, 0) is 32.5 Å². The summed E-state index contributed by atoms with van der Waals surface area (Å²) in [5.41, 5.74) is 2.43. The summed E-state index contributed by atoms with van der Waals surface area (Å²) in [7, 11) is 1.95. The van der Waals surface area contributed by atoms with Gasteiger partial charge in [-0.1, -0.05) is 29.8 Å². The lowest BCUT2D eigenvalue weighted by atomic mass is 10.1. The molecule has 0 fully saturated rings. The molecular formula is C22H29F3N2O6S2. The number of carboxylic acid groups (broad SMARTS) is 2. The Morgan fingerprint density at radius 2 is 1.63 bits per heavy atom. The highest BCUT2D eigenvalue weighted by Gasteiger charge is 2.29. The number of carbonyl (C=O) groups excluding carboxylic acids is 1. The third-order valence-corrected chi connectivity index (χ3v) is 7.58. The molecule has 13 heteroatoms. The molecule has 0 unspecified atom stereocenters. The maximum atomic E-state index is 12.7. The highest BCUT2D eigenvalue weighted by Crippen LogP contribution is 2.23. The topological polar surface area (TPSA) is 124 Å². The number of benzene rings is 1. The van der Waals surface area contributed by atoms with Crippen molar-refractivity contribution in [3.8, 4) is 0 Å². The number of thiophene rings is 1. The van der Waals surface area contributed by atoms with Crippen LogP contribution in [0.4, 0.5) is 13.2 Å². The zero-order valence-corrected chi connectivity index (χ0v) is 21.4. The molecule has 1 aromatic heterocycles. The van der Waals surface area contributed by atoms with Gasteiger partial charge in [-0.05, 0) is 37.5 Å². The number of hydrogen-bond donors (Lipinski definition) is 2. The van der Waals surface area contributed by atoms with Crippen LogP contribution in [-0.4, -0.2) is 69.9 Å². The zero-order valence-electron chi connectivity index (χ0n) is 19.8. The van der Waals surface area contributed by atoms with E-state index < -0.39 is 34.2 Å². The summed E-state index contributed by atoms with van der Waals surface area (Å²) in [6.45, 7) is 2.43. The highest BCUT2D eigenvalue weighted by molar-refractivity contribution is 7.91. The van der Waals surface area contributed by atoms with Gasteiger partial charge >= 0.3 is 12.1 Å². The van der Waals surface area contributed by atoms with Crippen molar-refractivity contribution in [1.29, 1.82) is 0 Å². The van der Waals surface area contributed by atoms with E-state index in [0.29, 0.717) is 11.0 Å². The average molecular weight is 539 g/mol. The van der Waals surface area contributed by atoms with Gasteiger partial charge in [0.25, 0.3) is 10.0 Å². The number of quaternary nitrogens is 1. The predicted octanol–water partition coefficient (Wildman–Crippen LogP) is 1.97. The minimum absolute atomic E-state index is 0.225. The number of halogens is 3. The Kier molecular flexibility index (Phi) is 10.9. The molecule has 0 amide bonds. The molecule has 0 aliphatic rings. The van der Waals surface area contributed by atoms with Crippen LogP contribution in [0.5, 0.6) is 0 Å². The summed E-state index contributed by atoms with van der Waals surface area (Å²) in [6.07, 6.45) is -3.84. The molecule has 2 aromatic rings. The molecule has 0 aliphatic carbocycles. The number of aliphatic carboxylic acids is 2. The molecule has 196 valence electrons. The van der Waals surface area contributed by atoms with Crippen molar-refractivity contribution in [2.75, 3.05) is 27.7 Å². The van der Waals surface area contributed by atoms with Crippen molar-refractivity contribution in [3.63, 3.8) is 0 Å². The Hall–Kier alpha value is -2.48. The van der Waals surface area contributed by atoms with Crippen LogP contribution in [0.3, 0.4) is 0 Å². The van der Waals surface area contributed by atoms with Crippen LogP contribution in [0, 0.1) is 6.92 Å². The lowest BCUT2D eigenvalue weighted by molar-refractivity contribution is -0.871. The van der Waals surface area contributed by atoms with E-state index in [2.05, 4.69) is 29.0 Å². The van der Waals surface area contributed by atoms with Crippen molar-refractivity contribution < 1.29 is 45.9 Å². The molecule has 35 heavy (non-hydrogen) atoms. The van der Waals surface area contributed by atoms with Crippen LogP contribution in [0.15, 0.2) is 40.6 Å². The van der Waals surface area contributed by atoms with Crippen molar-refractivity contribution in [2.24, 2.45) is 0 Å². The maximum absolute atomic E-state index is 12.7. The van der Waals surface area contributed by atoms with Gasteiger partial charge in [0.15, 0.2) is 0 Å². The van der Waals surface area contributed by atoms with E-state index in [1.165, 1.54) is 22.5 Å². The van der Waals surface area contributed by atoms with Crippen molar-refractivity contribution in [1.82, 2.24) is 4.72 Å². The molecule has 1 aromatic carbocycles. The quantitative estimate of drug-likeness (QED) is 0.446. The Morgan fingerprint density at radius 3 is 2.09 bits per heavy atom. The largest absolute Gasteiger partial charge is 0.542 e. The standard InChI is InChI=1S/C20H28N2O4S2.C2HF3O2/c1-15-5-7-16(8-6-15)9-10-18-11-12-20(27-18)28(25,26)21-17(13-19(23)24)14-22(2,3)4;3-2(4,5)1(6)7/h5-8,11-12,17,21H,9-10,13-14H2,1-4H3;(H,6,7)/t17-;/m1./s1. The van der Waals surface area contributed by atoms with Gasteiger partial charge in [0.05, 0.1) is 40.2 Å². The first kappa shape index (κ1) is 30.6. The molecule has 0 radical (unpaired) electrons. The molecule has 8 nitrogen and oxygen atoms in total. The van der Waals surface area contributed by atoms with E-state index in [1.807, 2.05) is 34.1 Å². The third kappa shape index (κ3) is 12.2. The van der Waals surface area contributed by atoms with E-state index in [0.717, 1.165) is 17.7 Å². The molecule has 1 heterocycles. The molecule has 0 spiro atoms. The molecule has 1 atom stereocenters. The molecule has 0 bridgehead atoms. The second kappa shape index (κ2) is 12.5. The second-order valence-corrected chi connectivity index (χ2v) is 12.0. The van der Waals surface area contributed by atoms with Gasteiger partial charge in [-0.3, -0.25) is 4.79 Å². The summed E-state index contributed by atoms with van der Waals surface area (Å²) in [5, 5.41) is 17.9. The minimum atomic E-state index is -5.19. The van der Waals surface area contributed by atoms with Crippen LogP contribution in [0.2, 0.25) is 0 Å². The van der Waals surface area contributed by atoms with Gasteiger partial charge < -0.3 is 19.5 Å². The first-order valence-corrected chi connectivity index (χ1v) is 12.7. The van der Waals surface area contributed by atoms with Crippen molar-refractivity contribution >= 4 is 33.3 Å². The van der Waals surface area contributed by atoms with Crippen molar-refractivity contribution in [2.45, 2.75) is 42.6 Å². The average Bonchev–Trinajstić information content (AvgIpc) is 3.15. The van der Waals surface area contributed by atoms with E-state index in [1.54, 1.807) is 6.07 Å². The molecular weight excluding hydrogens is 509 g/mol. The van der Waals surface area contributed by atoms with E-state index in [-0.39, 0.29) is 10.6 Å². The molecule has 0 saturated carbocycles. The first-order valence-electron chi connectivity index (χ1n) is 10.4. The Morgan fingerprint density at radius 1 is 1.09 bits per heavy atom. The highest BCUT2D eigenvalue weighted by atomic mass is 32.2. The minimum Gasteiger partial charge on any atom is -0.542 e. The molecule has 2 rings (SSSR count). The summed E-state index contributed by atoms with van der Waals surface area (Å²) in [6, 6.07) is 11.1. The summed E-state index contributed by atoms with van der Waals surface area (Å²) in [4.78, 5) is 20.9. The normalized spacial score (nSPS) is 13.0. The zero-order chi connectivity index (χ0) is 27.0. The number of nitrogens with one attached hydrogen (secondary N) is 1. The fourth-order valence-electron chi connectivity index (χ4n) is 2.95. The monoisotopic (exact) mass is 538 g/mol. The van der Waals surface area contributed by atoms with Crippen LogP contribution < -0.4 is 9.83 Å². The Labute approximate surface area is 206 Å². The number of carboxylic acids is 2. The number of hydrogen-bond acceptors (Lipinski definition) is 6. The first-order chi connectivity index (χ1) is 15.9. The Balaban J connectivity index is 0.000000762. The lowest BCUT2D eigenvalue weighted by Gasteiger charge is -2.28. The summed E-state index contributed by atoms with van der Waals surface area (Å²) >= 11 is 1.24. The van der Waals surface area contributed by atoms with Gasteiger partial charge in [0.1, 0.15) is 10.2 Å². The van der Waals surface area contributed by atoms with E-state index in [4.69, 9.17) is 15.0 Å². The summed E-state index contributed by atoms with van der Waals surface area (Å²) < 4.78 is 60.3. The number of aryl methyl sites for hydroxylation is 3. The Bertz CT molecular complexity index is 1090. The number of nitrogens with zero attached hydrogens (tertiary/aromatic N) is 1. The smallest absolute Gasteiger partial charge is 0.430 e. The van der Waals surface area contributed by atoms with Crippen LogP contribution in [0.1, 0.15) is 22.4 Å². The number of rotatable bonds is 10. The number of likely N-dealkylation sites (N-methyl/N-ethyl adjacent to an activating group) is 1. The maximum Gasteiger partial charge on any atom is 0.430 e. The van der Waals surface area contributed by atoms with Gasteiger partial charge in [0.2, 0.25) is 0 Å². The second-order valence-electron chi connectivity index (χ2n) is 8.88. The lowest BCUT2D eigenvalue weighted by Crippen LogP contribution is -2.49.